The number of benzene rings is 1. The van der Waals surface area contributed by atoms with Gasteiger partial charge in [0.05, 0.1) is 5.69 Å². The van der Waals surface area contributed by atoms with Gasteiger partial charge in [0, 0.05) is 11.1 Å². The molecule has 1 aromatic rings. The molecular weight excluding hydrogens is 315 g/mol. The molecule has 0 aromatic heterocycles. The molecule has 1 saturated carbocycles. The minimum atomic E-state index is -3.96. The third kappa shape index (κ3) is 3.87. The van der Waals surface area contributed by atoms with Gasteiger partial charge < -0.3 is 5.73 Å². The lowest BCUT2D eigenvalue weighted by atomic mass is 9.76. The van der Waals surface area contributed by atoms with Gasteiger partial charge >= 0.3 is 0 Å². The van der Waals surface area contributed by atoms with Crippen LogP contribution in [0.15, 0.2) is 17.0 Å². The highest BCUT2D eigenvalue weighted by molar-refractivity contribution is 7.89. The average molecular weight is 335 g/mol. The maximum atomic E-state index is 14.0. The van der Waals surface area contributed by atoms with Gasteiger partial charge in [-0.05, 0) is 43.2 Å². The highest BCUT2D eigenvalue weighted by Crippen LogP contribution is 2.35. The van der Waals surface area contributed by atoms with Gasteiger partial charge in [-0.15, -0.1) is 0 Å². The van der Waals surface area contributed by atoms with Crippen molar-refractivity contribution in [2.45, 2.75) is 50.5 Å². The van der Waals surface area contributed by atoms with Crippen LogP contribution in [0.4, 0.5) is 10.1 Å². The Balaban J connectivity index is 2.20. The second kappa shape index (κ2) is 5.74. The van der Waals surface area contributed by atoms with Crippen LogP contribution < -0.4 is 10.5 Å². The fraction of sp³-hybridized carbons (Fsp3) is 0.571. The van der Waals surface area contributed by atoms with Crippen LogP contribution in [0.25, 0.3) is 0 Å². The van der Waals surface area contributed by atoms with E-state index in [0.717, 1.165) is 31.7 Å². The minimum Gasteiger partial charge on any atom is -0.396 e. The zero-order valence-corrected chi connectivity index (χ0v) is 13.7. The third-order valence-corrected chi connectivity index (χ3v) is 5.72. The van der Waals surface area contributed by atoms with E-state index < -0.39 is 20.7 Å². The normalized spacial score (nSPS) is 19.6. The molecule has 0 amide bonds. The number of nitrogens with one attached hydrogen (secondary N) is 1. The number of hydrogen-bond donors (Lipinski definition) is 2. The largest absolute Gasteiger partial charge is 0.396 e. The fourth-order valence-electron chi connectivity index (χ4n) is 2.58. The van der Waals surface area contributed by atoms with Crippen molar-refractivity contribution in [1.29, 1.82) is 0 Å². The Labute approximate surface area is 129 Å². The zero-order chi connectivity index (χ0) is 15.8. The topological polar surface area (TPSA) is 72.2 Å². The number of anilines is 1. The molecule has 0 saturated heterocycles. The highest BCUT2D eigenvalue weighted by atomic mass is 35.5. The maximum Gasteiger partial charge on any atom is 0.243 e. The van der Waals surface area contributed by atoms with Gasteiger partial charge in [-0.2, -0.15) is 0 Å². The fourth-order valence-corrected chi connectivity index (χ4v) is 4.31. The van der Waals surface area contributed by atoms with Crippen molar-refractivity contribution in [2.75, 3.05) is 5.73 Å². The Bertz CT molecular complexity index is 637. The van der Waals surface area contributed by atoms with Crippen LogP contribution in [0, 0.1) is 11.2 Å². The lowest BCUT2D eigenvalue weighted by Crippen LogP contribution is -2.39. The molecule has 0 atom stereocenters. The summed E-state index contributed by atoms with van der Waals surface area (Å²) in [6, 6.07) is 2.10. The number of rotatable bonds is 3. The molecule has 21 heavy (non-hydrogen) atoms. The second-order valence-corrected chi connectivity index (χ2v) is 8.49. The summed E-state index contributed by atoms with van der Waals surface area (Å²) >= 11 is 5.77. The number of hydrogen-bond acceptors (Lipinski definition) is 3. The van der Waals surface area contributed by atoms with Gasteiger partial charge in [0.2, 0.25) is 10.0 Å². The first-order valence-corrected chi connectivity index (χ1v) is 8.74. The standard InChI is InChI=1S/C14H20ClFN2O2S/c1-14(2)5-3-10(4-6-14)18-21(19,20)12-8-9(15)7-11(17)13(12)16/h7-8,10,18H,3-6,17H2,1-2H3. The Morgan fingerprint density at radius 3 is 2.48 bits per heavy atom. The lowest BCUT2D eigenvalue weighted by Gasteiger charge is -2.34. The van der Waals surface area contributed by atoms with Crippen molar-refractivity contribution in [3.8, 4) is 0 Å². The number of sulfonamides is 1. The molecule has 0 heterocycles. The van der Waals surface area contributed by atoms with E-state index in [-0.39, 0.29) is 22.2 Å². The van der Waals surface area contributed by atoms with Crippen LogP contribution in [0.1, 0.15) is 39.5 Å². The first-order valence-electron chi connectivity index (χ1n) is 6.88. The van der Waals surface area contributed by atoms with E-state index in [1.807, 2.05) is 0 Å². The summed E-state index contributed by atoms with van der Waals surface area (Å²) in [5, 5.41) is 0.0963. The van der Waals surface area contributed by atoms with Gasteiger partial charge in [-0.25, -0.2) is 17.5 Å². The molecule has 0 spiro atoms. The first kappa shape index (κ1) is 16.5. The summed E-state index contributed by atoms with van der Waals surface area (Å²) in [5.41, 5.74) is 5.39. The molecule has 1 fully saturated rings. The molecule has 118 valence electrons. The number of halogens is 2. The minimum absolute atomic E-state index is 0.0963. The van der Waals surface area contributed by atoms with E-state index in [2.05, 4.69) is 18.6 Å². The smallest absolute Gasteiger partial charge is 0.243 e. The summed E-state index contributed by atoms with van der Waals surface area (Å²) < 4.78 is 41.2. The van der Waals surface area contributed by atoms with Gasteiger partial charge in [0.15, 0.2) is 5.82 Å². The first-order chi connectivity index (χ1) is 9.61. The molecule has 0 radical (unpaired) electrons. The summed E-state index contributed by atoms with van der Waals surface area (Å²) in [7, 11) is -3.96. The molecule has 0 bridgehead atoms. The van der Waals surface area contributed by atoms with Gasteiger partial charge in [0.1, 0.15) is 4.90 Å². The Kier molecular flexibility index (Phi) is 4.52. The van der Waals surface area contributed by atoms with Gasteiger partial charge in [-0.3, -0.25) is 0 Å². The van der Waals surface area contributed by atoms with Crippen molar-refractivity contribution in [2.24, 2.45) is 5.41 Å². The van der Waals surface area contributed by atoms with E-state index in [4.69, 9.17) is 17.3 Å². The van der Waals surface area contributed by atoms with Crippen LogP contribution in [0.5, 0.6) is 0 Å². The zero-order valence-electron chi connectivity index (χ0n) is 12.1. The molecule has 1 aliphatic rings. The Hall–Kier alpha value is -0.850. The lowest BCUT2D eigenvalue weighted by molar-refractivity contribution is 0.218. The third-order valence-electron chi connectivity index (χ3n) is 3.98. The van der Waals surface area contributed by atoms with E-state index in [0.29, 0.717) is 0 Å². The number of nitrogens with two attached hydrogens (primary N) is 1. The predicted molar refractivity (Wildman–Crippen MR) is 82.2 cm³/mol. The Morgan fingerprint density at radius 1 is 1.33 bits per heavy atom. The molecule has 4 nitrogen and oxygen atoms in total. The monoisotopic (exact) mass is 334 g/mol. The van der Waals surface area contributed by atoms with Crippen LogP contribution in [-0.2, 0) is 10.0 Å². The van der Waals surface area contributed by atoms with E-state index in [1.54, 1.807) is 0 Å². The van der Waals surface area contributed by atoms with Crippen molar-refractivity contribution in [1.82, 2.24) is 4.72 Å². The van der Waals surface area contributed by atoms with Crippen LogP contribution in [0.3, 0.4) is 0 Å². The number of nitrogen functional groups attached to an aromatic ring is 1. The van der Waals surface area contributed by atoms with E-state index in [1.165, 1.54) is 6.07 Å². The summed E-state index contributed by atoms with van der Waals surface area (Å²) in [6.45, 7) is 4.32. The van der Waals surface area contributed by atoms with Crippen molar-refractivity contribution in [3.05, 3.63) is 23.0 Å². The summed E-state index contributed by atoms with van der Waals surface area (Å²) in [6.07, 6.45) is 3.34. The maximum absolute atomic E-state index is 14.0. The average Bonchev–Trinajstić information content (AvgIpc) is 2.36. The quantitative estimate of drug-likeness (QED) is 0.833. The molecular formula is C14H20ClFN2O2S. The predicted octanol–water partition coefficient (Wildman–Crippen LogP) is 3.31. The molecule has 1 aromatic carbocycles. The SMILES string of the molecule is CC1(C)CCC(NS(=O)(=O)c2cc(Cl)cc(N)c2F)CC1. The van der Waals surface area contributed by atoms with Crippen molar-refractivity contribution in [3.63, 3.8) is 0 Å². The summed E-state index contributed by atoms with van der Waals surface area (Å²) in [4.78, 5) is -0.489. The Morgan fingerprint density at radius 2 is 1.90 bits per heavy atom. The molecule has 1 aliphatic carbocycles. The highest BCUT2D eigenvalue weighted by Gasteiger charge is 2.31. The second-order valence-electron chi connectivity index (χ2n) is 6.37. The van der Waals surface area contributed by atoms with Gasteiger partial charge in [0.25, 0.3) is 0 Å². The van der Waals surface area contributed by atoms with Gasteiger partial charge in [-0.1, -0.05) is 25.4 Å². The van der Waals surface area contributed by atoms with Crippen molar-refractivity contribution >= 4 is 27.3 Å². The van der Waals surface area contributed by atoms with E-state index in [9.17, 15) is 12.8 Å². The molecule has 0 aliphatic heterocycles. The van der Waals surface area contributed by atoms with Crippen LogP contribution in [0.2, 0.25) is 5.02 Å². The molecule has 7 heteroatoms. The van der Waals surface area contributed by atoms with E-state index >= 15 is 0 Å². The molecule has 2 rings (SSSR count). The molecule has 3 N–H and O–H groups in total. The van der Waals surface area contributed by atoms with Crippen LogP contribution >= 0.6 is 11.6 Å². The van der Waals surface area contributed by atoms with Crippen molar-refractivity contribution < 1.29 is 12.8 Å². The van der Waals surface area contributed by atoms with Crippen LogP contribution in [-0.4, -0.2) is 14.5 Å². The summed E-state index contributed by atoms with van der Waals surface area (Å²) in [5.74, 6) is -0.956. The molecule has 0 unspecified atom stereocenters.